The Labute approximate surface area is 121 Å². The molecule has 0 saturated carbocycles. The van der Waals surface area contributed by atoms with E-state index in [1.54, 1.807) is 19.2 Å². The minimum absolute atomic E-state index is 0.128. The maximum Gasteiger partial charge on any atom is 0.338 e. The summed E-state index contributed by atoms with van der Waals surface area (Å²) in [7, 11) is 1.56. The molecule has 0 aliphatic carbocycles. The number of carbonyl (C=O) groups is 2. The zero-order valence-corrected chi connectivity index (χ0v) is 11.4. The first kappa shape index (κ1) is 14.7. The van der Waals surface area contributed by atoms with Gasteiger partial charge in [-0.25, -0.2) is 4.79 Å². The van der Waals surface area contributed by atoms with Crippen molar-refractivity contribution >= 4 is 17.6 Å². The SMILES string of the molecule is COCc1ccccc1NC(=O)c1ncccc1C(=O)O. The minimum atomic E-state index is -1.20. The lowest BCUT2D eigenvalue weighted by Gasteiger charge is -2.11. The Hall–Kier alpha value is -2.73. The summed E-state index contributed by atoms with van der Waals surface area (Å²) in [5.74, 6) is -1.77. The molecule has 1 heterocycles. The monoisotopic (exact) mass is 286 g/mol. The maximum atomic E-state index is 12.2. The van der Waals surface area contributed by atoms with Crippen molar-refractivity contribution in [2.75, 3.05) is 12.4 Å². The fourth-order valence-corrected chi connectivity index (χ4v) is 1.86. The van der Waals surface area contributed by atoms with Crippen LogP contribution in [0.4, 0.5) is 5.69 Å². The van der Waals surface area contributed by atoms with E-state index in [4.69, 9.17) is 9.84 Å². The Morgan fingerprint density at radius 1 is 1.24 bits per heavy atom. The fraction of sp³-hybridized carbons (Fsp3) is 0.133. The van der Waals surface area contributed by atoms with Crippen LogP contribution in [0.5, 0.6) is 0 Å². The van der Waals surface area contributed by atoms with Gasteiger partial charge < -0.3 is 15.2 Å². The Morgan fingerprint density at radius 3 is 2.71 bits per heavy atom. The summed E-state index contributed by atoms with van der Waals surface area (Å²) >= 11 is 0. The van der Waals surface area contributed by atoms with E-state index in [1.165, 1.54) is 18.3 Å². The van der Waals surface area contributed by atoms with E-state index in [9.17, 15) is 9.59 Å². The molecule has 6 heteroatoms. The molecule has 2 aromatic rings. The molecule has 1 aromatic carbocycles. The number of amides is 1. The molecule has 0 radical (unpaired) electrons. The van der Waals surface area contributed by atoms with E-state index in [0.717, 1.165) is 5.56 Å². The Bertz CT molecular complexity index is 670. The topological polar surface area (TPSA) is 88.5 Å². The van der Waals surface area contributed by atoms with Gasteiger partial charge in [0, 0.05) is 24.6 Å². The van der Waals surface area contributed by atoms with Crippen LogP contribution in [0.2, 0.25) is 0 Å². The summed E-state index contributed by atoms with van der Waals surface area (Å²) in [6, 6.07) is 9.94. The number of hydrogen-bond donors (Lipinski definition) is 2. The van der Waals surface area contributed by atoms with E-state index in [2.05, 4.69) is 10.3 Å². The largest absolute Gasteiger partial charge is 0.478 e. The van der Waals surface area contributed by atoms with Gasteiger partial charge in [-0.05, 0) is 18.2 Å². The van der Waals surface area contributed by atoms with Crippen molar-refractivity contribution < 1.29 is 19.4 Å². The third-order valence-electron chi connectivity index (χ3n) is 2.82. The van der Waals surface area contributed by atoms with Crippen molar-refractivity contribution in [3.8, 4) is 0 Å². The van der Waals surface area contributed by atoms with Crippen LogP contribution in [0, 0.1) is 0 Å². The number of anilines is 1. The maximum absolute atomic E-state index is 12.2. The van der Waals surface area contributed by atoms with Crippen molar-refractivity contribution in [1.82, 2.24) is 4.98 Å². The van der Waals surface area contributed by atoms with Crippen LogP contribution in [-0.4, -0.2) is 29.1 Å². The molecule has 0 bridgehead atoms. The van der Waals surface area contributed by atoms with Gasteiger partial charge in [0.25, 0.3) is 5.91 Å². The average molecular weight is 286 g/mol. The van der Waals surface area contributed by atoms with Crippen molar-refractivity contribution in [3.05, 3.63) is 59.4 Å². The third-order valence-corrected chi connectivity index (χ3v) is 2.82. The van der Waals surface area contributed by atoms with Crippen LogP contribution in [0.15, 0.2) is 42.6 Å². The molecule has 0 fully saturated rings. The molecular weight excluding hydrogens is 272 g/mol. The highest BCUT2D eigenvalue weighted by atomic mass is 16.5. The molecule has 108 valence electrons. The summed E-state index contributed by atoms with van der Waals surface area (Å²) in [6.45, 7) is 0.338. The quantitative estimate of drug-likeness (QED) is 0.879. The Morgan fingerprint density at radius 2 is 2.00 bits per heavy atom. The molecule has 0 aliphatic heterocycles. The number of benzene rings is 1. The molecule has 1 amide bonds. The Kier molecular flexibility index (Phi) is 4.63. The predicted octanol–water partition coefficient (Wildman–Crippen LogP) is 2.18. The second-order valence-electron chi connectivity index (χ2n) is 4.25. The van der Waals surface area contributed by atoms with E-state index in [0.29, 0.717) is 12.3 Å². The Balaban J connectivity index is 2.29. The minimum Gasteiger partial charge on any atom is -0.478 e. The van der Waals surface area contributed by atoms with E-state index >= 15 is 0 Å². The highest BCUT2D eigenvalue weighted by Gasteiger charge is 2.18. The van der Waals surface area contributed by atoms with Crippen LogP contribution in [0.1, 0.15) is 26.4 Å². The summed E-state index contributed by atoms with van der Waals surface area (Å²) in [5, 5.41) is 11.7. The molecule has 1 aromatic heterocycles. The first-order chi connectivity index (χ1) is 10.1. The van der Waals surface area contributed by atoms with Crippen molar-refractivity contribution in [3.63, 3.8) is 0 Å². The number of rotatable bonds is 5. The zero-order valence-electron chi connectivity index (χ0n) is 11.4. The summed E-state index contributed by atoms with van der Waals surface area (Å²) in [6.07, 6.45) is 1.38. The predicted molar refractivity (Wildman–Crippen MR) is 76.3 cm³/mol. The summed E-state index contributed by atoms with van der Waals surface area (Å²) < 4.78 is 5.06. The van der Waals surface area contributed by atoms with Crippen LogP contribution >= 0.6 is 0 Å². The van der Waals surface area contributed by atoms with Gasteiger partial charge in [0.1, 0.15) is 5.69 Å². The molecule has 0 saturated heterocycles. The molecule has 6 nitrogen and oxygen atoms in total. The van der Waals surface area contributed by atoms with Crippen molar-refractivity contribution in [1.29, 1.82) is 0 Å². The number of nitrogens with zero attached hydrogens (tertiary/aromatic N) is 1. The van der Waals surface area contributed by atoms with Gasteiger partial charge in [0.05, 0.1) is 12.2 Å². The van der Waals surface area contributed by atoms with Crippen molar-refractivity contribution in [2.45, 2.75) is 6.61 Å². The number of methoxy groups -OCH3 is 1. The van der Waals surface area contributed by atoms with Gasteiger partial charge in [-0.2, -0.15) is 0 Å². The normalized spacial score (nSPS) is 10.1. The van der Waals surface area contributed by atoms with E-state index < -0.39 is 11.9 Å². The number of ether oxygens (including phenoxy) is 1. The lowest BCUT2D eigenvalue weighted by molar-refractivity contribution is 0.0691. The number of para-hydroxylation sites is 1. The highest BCUT2D eigenvalue weighted by Crippen LogP contribution is 2.17. The van der Waals surface area contributed by atoms with Crippen LogP contribution in [0.25, 0.3) is 0 Å². The van der Waals surface area contributed by atoms with Gasteiger partial charge in [-0.15, -0.1) is 0 Å². The molecule has 0 spiro atoms. The molecule has 0 unspecified atom stereocenters. The molecule has 0 atom stereocenters. The molecule has 0 aliphatic rings. The van der Waals surface area contributed by atoms with Crippen LogP contribution in [0.3, 0.4) is 0 Å². The fourth-order valence-electron chi connectivity index (χ4n) is 1.86. The highest BCUT2D eigenvalue weighted by molar-refractivity contribution is 6.09. The second kappa shape index (κ2) is 6.62. The smallest absolute Gasteiger partial charge is 0.338 e. The zero-order chi connectivity index (χ0) is 15.2. The van der Waals surface area contributed by atoms with E-state index in [1.807, 2.05) is 12.1 Å². The first-order valence-electron chi connectivity index (χ1n) is 6.20. The van der Waals surface area contributed by atoms with Gasteiger partial charge >= 0.3 is 5.97 Å². The number of nitrogens with one attached hydrogen (secondary N) is 1. The summed E-state index contributed by atoms with van der Waals surface area (Å²) in [4.78, 5) is 27.2. The van der Waals surface area contributed by atoms with E-state index in [-0.39, 0.29) is 11.3 Å². The average Bonchev–Trinajstić information content (AvgIpc) is 2.49. The first-order valence-corrected chi connectivity index (χ1v) is 6.20. The standard InChI is InChI=1S/C15H14N2O4/c1-21-9-10-5-2-3-7-12(10)17-14(18)13-11(15(19)20)6-4-8-16-13/h2-8H,9H2,1H3,(H,17,18)(H,19,20). The number of carboxylic acid groups (broad SMARTS) is 1. The lowest BCUT2D eigenvalue weighted by Crippen LogP contribution is -2.19. The van der Waals surface area contributed by atoms with Gasteiger partial charge in [-0.3, -0.25) is 9.78 Å². The second-order valence-corrected chi connectivity index (χ2v) is 4.25. The molecular formula is C15H14N2O4. The van der Waals surface area contributed by atoms with Gasteiger partial charge in [0.2, 0.25) is 0 Å². The van der Waals surface area contributed by atoms with Gasteiger partial charge in [-0.1, -0.05) is 18.2 Å². The lowest BCUT2D eigenvalue weighted by atomic mass is 10.1. The molecule has 2 rings (SSSR count). The molecule has 2 N–H and O–H groups in total. The van der Waals surface area contributed by atoms with Crippen LogP contribution < -0.4 is 5.32 Å². The number of pyridine rings is 1. The number of carbonyl (C=O) groups excluding carboxylic acids is 1. The third kappa shape index (κ3) is 3.43. The molecule has 21 heavy (non-hydrogen) atoms. The number of hydrogen-bond acceptors (Lipinski definition) is 4. The number of aromatic carboxylic acids is 1. The van der Waals surface area contributed by atoms with Crippen molar-refractivity contribution in [2.24, 2.45) is 0 Å². The van der Waals surface area contributed by atoms with Gasteiger partial charge in [0.15, 0.2) is 0 Å². The summed E-state index contributed by atoms with van der Waals surface area (Å²) in [5.41, 5.74) is 1.09. The number of aromatic nitrogens is 1. The number of carboxylic acids is 1. The van der Waals surface area contributed by atoms with Crippen LogP contribution in [-0.2, 0) is 11.3 Å².